The van der Waals surface area contributed by atoms with Crippen molar-refractivity contribution < 1.29 is 14.6 Å². The number of aromatic carboxylic acids is 1. The summed E-state index contributed by atoms with van der Waals surface area (Å²) in [5.41, 5.74) is 0.206. The lowest BCUT2D eigenvalue weighted by molar-refractivity contribution is 0.0692. The monoisotopic (exact) mass is 366 g/mol. The van der Waals surface area contributed by atoms with Crippen molar-refractivity contribution in [2.45, 2.75) is 11.3 Å². The molecule has 0 unspecified atom stereocenters. The van der Waals surface area contributed by atoms with E-state index in [1.807, 2.05) is 12.1 Å². The van der Waals surface area contributed by atoms with Crippen LogP contribution in [0.25, 0.3) is 0 Å². The van der Waals surface area contributed by atoms with E-state index in [9.17, 15) is 4.79 Å². The number of benzene rings is 2. The number of hydrogen-bond acceptors (Lipinski definition) is 3. The minimum atomic E-state index is -0.964. The van der Waals surface area contributed by atoms with Gasteiger partial charge in [-0.1, -0.05) is 34.1 Å². The fraction of sp³-hybridized carbons (Fsp3) is 0.188. The van der Waals surface area contributed by atoms with Crippen LogP contribution in [0.15, 0.2) is 57.9 Å². The molecule has 0 fully saturated rings. The van der Waals surface area contributed by atoms with Crippen LogP contribution in [-0.4, -0.2) is 23.4 Å². The first-order valence-electron chi connectivity index (χ1n) is 6.50. The molecule has 1 N–H and O–H groups in total. The number of ether oxygens (including phenoxy) is 1. The molecular weight excluding hydrogens is 352 g/mol. The highest BCUT2D eigenvalue weighted by Crippen LogP contribution is 2.23. The molecule has 0 saturated carbocycles. The normalized spacial score (nSPS) is 10.3. The van der Waals surface area contributed by atoms with Gasteiger partial charge >= 0.3 is 5.97 Å². The summed E-state index contributed by atoms with van der Waals surface area (Å²) in [6.07, 6.45) is 0.852. The lowest BCUT2D eigenvalue weighted by Gasteiger charge is -2.08. The van der Waals surface area contributed by atoms with Gasteiger partial charge < -0.3 is 9.84 Å². The van der Waals surface area contributed by atoms with Crippen molar-refractivity contribution >= 4 is 33.7 Å². The van der Waals surface area contributed by atoms with Crippen molar-refractivity contribution in [3.05, 3.63) is 58.6 Å². The van der Waals surface area contributed by atoms with E-state index in [1.54, 1.807) is 36.0 Å². The third-order valence-electron chi connectivity index (χ3n) is 2.73. The third-order valence-corrected chi connectivity index (χ3v) is 4.30. The molecule has 2 aromatic rings. The predicted octanol–water partition coefficient (Wildman–Crippen LogP) is 4.71. The van der Waals surface area contributed by atoms with E-state index in [0.29, 0.717) is 12.4 Å². The zero-order valence-corrected chi connectivity index (χ0v) is 13.7. The van der Waals surface area contributed by atoms with E-state index in [-0.39, 0.29) is 5.56 Å². The Labute approximate surface area is 136 Å². The van der Waals surface area contributed by atoms with Gasteiger partial charge in [-0.25, -0.2) is 4.79 Å². The minimum absolute atomic E-state index is 0.206. The number of carboxylic acids is 1. The van der Waals surface area contributed by atoms with Gasteiger partial charge in [0.25, 0.3) is 0 Å². The highest BCUT2D eigenvalue weighted by molar-refractivity contribution is 9.10. The number of carboxylic acid groups (broad SMARTS) is 1. The number of carbonyl (C=O) groups is 1. The second kappa shape index (κ2) is 8.10. The fourth-order valence-electron chi connectivity index (χ4n) is 1.76. The zero-order chi connectivity index (χ0) is 15.1. The smallest absolute Gasteiger partial charge is 0.339 e. The summed E-state index contributed by atoms with van der Waals surface area (Å²) in [5, 5.41) is 9.05. The zero-order valence-electron chi connectivity index (χ0n) is 11.3. The molecule has 0 spiro atoms. The Morgan fingerprint density at radius 2 is 2.00 bits per heavy atom. The standard InChI is InChI=1S/C16H15BrO3S/c17-12-5-3-6-13(11-12)21-10-4-9-20-15-8-2-1-7-14(15)16(18)19/h1-3,5-8,11H,4,9-10H2,(H,18,19). The minimum Gasteiger partial charge on any atom is -0.493 e. The molecule has 2 rings (SSSR count). The van der Waals surface area contributed by atoms with Crippen LogP contribution >= 0.6 is 27.7 Å². The maximum atomic E-state index is 11.0. The van der Waals surface area contributed by atoms with E-state index >= 15 is 0 Å². The molecule has 110 valence electrons. The van der Waals surface area contributed by atoms with Crippen molar-refractivity contribution in [2.24, 2.45) is 0 Å². The Kier molecular flexibility index (Phi) is 6.14. The molecule has 0 aliphatic rings. The molecular formula is C16H15BrO3S. The van der Waals surface area contributed by atoms with Crippen LogP contribution in [0.2, 0.25) is 0 Å². The lowest BCUT2D eigenvalue weighted by Crippen LogP contribution is -2.04. The number of para-hydroxylation sites is 1. The van der Waals surface area contributed by atoms with E-state index in [2.05, 4.69) is 28.1 Å². The van der Waals surface area contributed by atoms with Crippen molar-refractivity contribution in [3.8, 4) is 5.75 Å². The topological polar surface area (TPSA) is 46.5 Å². The maximum Gasteiger partial charge on any atom is 0.339 e. The molecule has 0 heterocycles. The first kappa shape index (κ1) is 15.9. The highest BCUT2D eigenvalue weighted by atomic mass is 79.9. The highest BCUT2D eigenvalue weighted by Gasteiger charge is 2.09. The Morgan fingerprint density at radius 3 is 2.76 bits per heavy atom. The van der Waals surface area contributed by atoms with Gasteiger partial charge in [0, 0.05) is 15.1 Å². The molecule has 0 amide bonds. The van der Waals surface area contributed by atoms with E-state index in [4.69, 9.17) is 9.84 Å². The predicted molar refractivity (Wildman–Crippen MR) is 88.4 cm³/mol. The van der Waals surface area contributed by atoms with E-state index in [0.717, 1.165) is 16.6 Å². The van der Waals surface area contributed by atoms with Gasteiger partial charge in [0.05, 0.1) is 6.61 Å². The average molecular weight is 367 g/mol. The summed E-state index contributed by atoms with van der Waals surface area (Å²) in [6, 6.07) is 14.8. The second-order valence-electron chi connectivity index (χ2n) is 4.31. The quantitative estimate of drug-likeness (QED) is 0.569. The summed E-state index contributed by atoms with van der Waals surface area (Å²) < 4.78 is 6.63. The first-order chi connectivity index (χ1) is 10.2. The summed E-state index contributed by atoms with van der Waals surface area (Å²) in [4.78, 5) is 12.2. The average Bonchev–Trinajstić information content (AvgIpc) is 2.47. The molecule has 0 radical (unpaired) electrons. The van der Waals surface area contributed by atoms with Crippen LogP contribution < -0.4 is 4.74 Å². The summed E-state index contributed by atoms with van der Waals surface area (Å²) in [6.45, 7) is 0.505. The molecule has 0 aliphatic carbocycles. The van der Waals surface area contributed by atoms with E-state index < -0.39 is 5.97 Å². The van der Waals surface area contributed by atoms with Crippen LogP contribution in [0.5, 0.6) is 5.75 Å². The summed E-state index contributed by atoms with van der Waals surface area (Å²) >= 11 is 5.20. The first-order valence-corrected chi connectivity index (χ1v) is 8.28. The molecule has 0 saturated heterocycles. The molecule has 3 nitrogen and oxygen atoms in total. The van der Waals surface area contributed by atoms with Crippen molar-refractivity contribution in [1.82, 2.24) is 0 Å². The van der Waals surface area contributed by atoms with Crippen LogP contribution in [0.3, 0.4) is 0 Å². The van der Waals surface area contributed by atoms with Crippen LogP contribution in [-0.2, 0) is 0 Å². The Balaban J connectivity index is 1.76. The summed E-state index contributed by atoms with van der Waals surface area (Å²) in [5.74, 6) is 0.387. The Bertz CT molecular complexity index is 616. The van der Waals surface area contributed by atoms with Crippen molar-refractivity contribution in [3.63, 3.8) is 0 Å². The van der Waals surface area contributed by atoms with Crippen LogP contribution in [0.1, 0.15) is 16.8 Å². The van der Waals surface area contributed by atoms with Gasteiger partial charge in [-0.2, -0.15) is 0 Å². The molecule has 5 heteroatoms. The Morgan fingerprint density at radius 1 is 1.19 bits per heavy atom. The second-order valence-corrected chi connectivity index (χ2v) is 6.39. The SMILES string of the molecule is O=C(O)c1ccccc1OCCCSc1cccc(Br)c1. The molecule has 2 aromatic carbocycles. The molecule has 0 atom stereocenters. The van der Waals surface area contributed by atoms with Crippen molar-refractivity contribution in [2.75, 3.05) is 12.4 Å². The number of halogens is 1. The summed E-state index contributed by atoms with van der Waals surface area (Å²) in [7, 11) is 0. The van der Waals surface area contributed by atoms with Gasteiger partial charge in [0.1, 0.15) is 11.3 Å². The molecule has 0 aliphatic heterocycles. The van der Waals surface area contributed by atoms with Gasteiger partial charge in [0.2, 0.25) is 0 Å². The van der Waals surface area contributed by atoms with Gasteiger partial charge in [-0.05, 0) is 36.8 Å². The molecule has 21 heavy (non-hydrogen) atoms. The molecule has 0 bridgehead atoms. The maximum absolute atomic E-state index is 11.0. The van der Waals surface area contributed by atoms with Gasteiger partial charge in [-0.3, -0.25) is 0 Å². The Hall–Kier alpha value is -1.46. The van der Waals surface area contributed by atoms with Crippen LogP contribution in [0, 0.1) is 0 Å². The van der Waals surface area contributed by atoms with Crippen molar-refractivity contribution in [1.29, 1.82) is 0 Å². The lowest BCUT2D eigenvalue weighted by atomic mass is 10.2. The third kappa shape index (κ3) is 5.10. The van der Waals surface area contributed by atoms with E-state index in [1.165, 1.54) is 4.90 Å². The van der Waals surface area contributed by atoms with Crippen LogP contribution in [0.4, 0.5) is 0 Å². The fourth-order valence-corrected chi connectivity index (χ4v) is 3.19. The molecule has 0 aromatic heterocycles. The van der Waals surface area contributed by atoms with Gasteiger partial charge in [-0.15, -0.1) is 11.8 Å². The number of thioether (sulfide) groups is 1. The number of rotatable bonds is 7. The largest absolute Gasteiger partial charge is 0.493 e. The number of hydrogen-bond donors (Lipinski definition) is 1. The van der Waals surface area contributed by atoms with Gasteiger partial charge in [0.15, 0.2) is 0 Å².